The van der Waals surface area contributed by atoms with E-state index in [0.717, 1.165) is 18.8 Å². The minimum atomic E-state index is -0.415. The summed E-state index contributed by atoms with van der Waals surface area (Å²) in [6, 6.07) is 14.3. The Labute approximate surface area is 182 Å². The zero-order valence-corrected chi connectivity index (χ0v) is 17.9. The Hall–Kier alpha value is -3.19. The number of anilines is 2. The number of piperazine rings is 1. The van der Waals surface area contributed by atoms with E-state index >= 15 is 0 Å². The van der Waals surface area contributed by atoms with Crippen LogP contribution >= 0.6 is 0 Å². The molecule has 0 aliphatic carbocycles. The number of hydrogen-bond acceptors (Lipinski definition) is 6. The summed E-state index contributed by atoms with van der Waals surface area (Å²) in [5, 5.41) is 0. The zero-order chi connectivity index (χ0) is 22.0. The monoisotopic (exact) mass is 421 g/mol. The molecule has 0 spiro atoms. The molecule has 2 aromatic rings. The van der Waals surface area contributed by atoms with Crippen LogP contribution in [0.4, 0.5) is 11.4 Å². The molecule has 7 heteroatoms. The van der Waals surface area contributed by atoms with Gasteiger partial charge in [-0.05, 0) is 62.4 Å². The fourth-order valence-electron chi connectivity index (χ4n) is 4.23. The van der Waals surface area contributed by atoms with Gasteiger partial charge in [0.2, 0.25) is 5.91 Å². The first-order valence-electron chi connectivity index (χ1n) is 10.7. The summed E-state index contributed by atoms with van der Waals surface area (Å²) < 4.78 is 5.44. The van der Waals surface area contributed by atoms with Gasteiger partial charge in [0.15, 0.2) is 5.78 Å². The molecule has 2 heterocycles. The minimum Gasteiger partial charge on any atom is -0.494 e. The molecule has 0 N–H and O–H groups in total. The van der Waals surface area contributed by atoms with Crippen LogP contribution in [0.1, 0.15) is 30.6 Å². The SMILES string of the molecule is CCOc1ccc(N2C(=O)C[C@H](N3CCN(c4ccc(C(C)=O)cc4)CC3)C2=O)cc1. The van der Waals surface area contributed by atoms with Gasteiger partial charge in [-0.1, -0.05) is 0 Å². The van der Waals surface area contributed by atoms with Gasteiger partial charge in [-0.2, -0.15) is 0 Å². The maximum absolute atomic E-state index is 13.1. The van der Waals surface area contributed by atoms with Crippen LogP contribution in [0.15, 0.2) is 48.5 Å². The fourth-order valence-corrected chi connectivity index (χ4v) is 4.23. The number of amides is 2. The number of nitrogens with zero attached hydrogens (tertiary/aromatic N) is 3. The summed E-state index contributed by atoms with van der Waals surface area (Å²) in [5.41, 5.74) is 2.35. The number of ether oxygens (including phenoxy) is 1. The van der Waals surface area contributed by atoms with Crippen LogP contribution in [0.3, 0.4) is 0 Å². The highest BCUT2D eigenvalue weighted by atomic mass is 16.5. The Bertz CT molecular complexity index is 963. The van der Waals surface area contributed by atoms with Crippen LogP contribution in [0.2, 0.25) is 0 Å². The van der Waals surface area contributed by atoms with Gasteiger partial charge in [0.25, 0.3) is 5.91 Å². The minimum absolute atomic E-state index is 0.0536. The van der Waals surface area contributed by atoms with Crippen molar-refractivity contribution in [3.05, 3.63) is 54.1 Å². The Morgan fingerprint density at radius 2 is 1.55 bits per heavy atom. The van der Waals surface area contributed by atoms with Crippen molar-refractivity contribution in [2.24, 2.45) is 0 Å². The molecule has 31 heavy (non-hydrogen) atoms. The molecule has 2 fully saturated rings. The fraction of sp³-hybridized carbons (Fsp3) is 0.375. The van der Waals surface area contributed by atoms with E-state index in [1.54, 1.807) is 31.2 Å². The van der Waals surface area contributed by atoms with E-state index < -0.39 is 6.04 Å². The molecule has 0 saturated carbocycles. The summed E-state index contributed by atoms with van der Waals surface area (Å²) in [7, 11) is 0. The second-order valence-corrected chi connectivity index (χ2v) is 7.84. The average molecular weight is 421 g/mol. The van der Waals surface area contributed by atoms with Crippen LogP contribution in [0, 0.1) is 0 Å². The number of carbonyl (C=O) groups is 3. The van der Waals surface area contributed by atoms with Gasteiger partial charge in [0.05, 0.1) is 24.8 Å². The zero-order valence-electron chi connectivity index (χ0n) is 17.9. The van der Waals surface area contributed by atoms with E-state index in [9.17, 15) is 14.4 Å². The summed E-state index contributed by atoms with van der Waals surface area (Å²) in [6.45, 7) is 6.97. The summed E-state index contributed by atoms with van der Waals surface area (Å²) in [5.74, 6) is 0.446. The Morgan fingerprint density at radius 1 is 0.935 bits per heavy atom. The predicted octanol–water partition coefficient (Wildman–Crippen LogP) is 2.74. The highest BCUT2D eigenvalue weighted by molar-refractivity contribution is 6.22. The van der Waals surface area contributed by atoms with E-state index in [1.165, 1.54) is 4.90 Å². The molecule has 4 rings (SSSR count). The maximum Gasteiger partial charge on any atom is 0.251 e. The van der Waals surface area contributed by atoms with Crippen molar-refractivity contribution < 1.29 is 19.1 Å². The third-order valence-electron chi connectivity index (χ3n) is 5.92. The molecule has 2 aromatic carbocycles. The Kier molecular flexibility index (Phi) is 6.04. The summed E-state index contributed by atoms with van der Waals surface area (Å²) >= 11 is 0. The van der Waals surface area contributed by atoms with Gasteiger partial charge in [-0.15, -0.1) is 0 Å². The molecule has 0 radical (unpaired) electrons. The number of hydrogen-bond donors (Lipinski definition) is 0. The van der Waals surface area contributed by atoms with Gasteiger partial charge < -0.3 is 9.64 Å². The van der Waals surface area contributed by atoms with E-state index in [0.29, 0.717) is 36.7 Å². The molecular formula is C24H27N3O4. The number of imide groups is 1. The van der Waals surface area contributed by atoms with Crippen molar-refractivity contribution in [2.75, 3.05) is 42.6 Å². The highest BCUT2D eigenvalue weighted by Gasteiger charge is 2.43. The number of carbonyl (C=O) groups excluding carboxylic acids is 3. The first-order valence-corrected chi connectivity index (χ1v) is 10.7. The second-order valence-electron chi connectivity index (χ2n) is 7.84. The smallest absolute Gasteiger partial charge is 0.251 e. The van der Waals surface area contributed by atoms with E-state index in [-0.39, 0.29) is 24.0 Å². The normalized spacial score (nSPS) is 19.7. The van der Waals surface area contributed by atoms with E-state index in [1.807, 2.05) is 31.2 Å². The van der Waals surface area contributed by atoms with Crippen molar-refractivity contribution in [1.82, 2.24) is 4.90 Å². The van der Waals surface area contributed by atoms with Gasteiger partial charge in [0.1, 0.15) is 5.75 Å². The van der Waals surface area contributed by atoms with Gasteiger partial charge >= 0.3 is 0 Å². The highest BCUT2D eigenvalue weighted by Crippen LogP contribution is 2.28. The topological polar surface area (TPSA) is 70.2 Å². The molecular weight excluding hydrogens is 394 g/mol. The number of ketones is 1. The quantitative estimate of drug-likeness (QED) is 0.528. The molecule has 0 aromatic heterocycles. The lowest BCUT2D eigenvalue weighted by atomic mass is 10.1. The lowest BCUT2D eigenvalue weighted by Crippen LogP contribution is -2.52. The number of rotatable bonds is 6. The van der Waals surface area contributed by atoms with Crippen LogP contribution in [0.25, 0.3) is 0 Å². The maximum atomic E-state index is 13.1. The van der Waals surface area contributed by atoms with E-state index in [2.05, 4.69) is 9.80 Å². The molecule has 7 nitrogen and oxygen atoms in total. The number of benzene rings is 2. The molecule has 1 atom stereocenters. The van der Waals surface area contributed by atoms with Crippen molar-refractivity contribution in [1.29, 1.82) is 0 Å². The van der Waals surface area contributed by atoms with Gasteiger partial charge in [0, 0.05) is 37.4 Å². The molecule has 2 aliphatic rings. The molecule has 2 aliphatic heterocycles. The standard InChI is InChI=1S/C24H27N3O4/c1-3-31-21-10-8-20(9-11-21)27-23(29)16-22(24(27)30)26-14-12-25(13-15-26)19-6-4-18(5-7-19)17(2)28/h4-11,22H,3,12-16H2,1-2H3/t22-/m0/s1. The van der Waals surface area contributed by atoms with Gasteiger partial charge in [-0.25, -0.2) is 4.90 Å². The third kappa shape index (κ3) is 4.32. The first kappa shape index (κ1) is 21.1. The third-order valence-corrected chi connectivity index (χ3v) is 5.92. The van der Waals surface area contributed by atoms with Crippen LogP contribution < -0.4 is 14.5 Å². The van der Waals surface area contributed by atoms with Crippen molar-refractivity contribution in [3.63, 3.8) is 0 Å². The summed E-state index contributed by atoms with van der Waals surface area (Å²) in [6.07, 6.45) is 0.208. The molecule has 0 unspecified atom stereocenters. The summed E-state index contributed by atoms with van der Waals surface area (Å²) in [4.78, 5) is 42.8. The first-order chi connectivity index (χ1) is 15.0. The Morgan fingerprint density at radius 3 is 2.13 bits per heavy atom. The largest absolute Gasteiger partial charge is 0.494 e. The molecule has 162 valence electrons. The lowest BCUT2D eigenvalue weighted by molar-refractivity contribution is -0.123. The van der Waals surface area contributed by atoms with Crippen molar-refractivity contribution in [2.45, 2.75) is 26.3 Å². The van der Waals surface area contributed by atoms with Gasteiger partial charge in [-0.3, -0.25) is 19.3 Å². The van der Waals surface area contributed by atoms with Crippen LogP contribution in [-0.2, 0) is 9.59 Å². The molecule has 2 amide bonds. The molecule has 0 bridgehead atoms. The van der Waals surface area contributed by atoms with Crippen LogP contribution in [0.5, 0.6) is 5.75 Å². The number of Topliss-reactive ketones (excluding diaryl/α,β-unsaturated/α-hetero) is 1. The van der Waals surface area contributed by atoms with Crippen LogP contribution in [-0.4, -0.2) is 61.3 Å². The predicted molar refractivity (Wildman–Crippen MR) is 119 cm³/mol. The van der Waals surface area contributed by atoms with Crippen molar-refractivity contribution >= 4 is 29.0 Å². The van der Waals surface area contributed by atoms with Crippen molar-refractivity contribution in [3.8, 4) is 5.75 Å². The average Bonchev–Trinajstić information content (AvgIpc) is 3.09. The molecule has 2 saturated heterocycles. The second kappa shape index (κ2) is 8.89. The van der Waals surface area contributed by atoms with E-state index in [4.69, 9.17) is 4.74 Å². The Balaban J connectivity index is 1.39. The lowest BCUT2D eigenvalue weighted by Gasteiger charge is -2.38.